The molecule has 6 heteroatoms. The van der Waals surface area contributed by atoms with Gasteiger partial charge in [-0.2, -0.15) is 0 Å². The molecule has 0 aliphatic rings. The van der Waals surface area contributed by atoms with Crippen molar-refractivity contribution in [2.24, 2.45) is 5.73 Å². The summed E-state index contributed by atoms with van der Waals surface area (Å²) < 4.78 is 0. The number of hydrogen-bond acceptors (Lipinski definition) is 2. The second-order valence-corrected chi connectivity index (χ2v) is 2.08. The van der Waals surface area contributed by atoms with E-state index in [1.54, 1.807) is 0 Å². The fraction of sp³-hybridized carbons (Fsp3) is 0.800. The molecule has 3 nitrogen and oxygen atoms in total. The van der Waals surface area contributed by atoms with E-state index in [2.05, 4.69) is 29.8 Å². The second-order valence-electron chi connectivity index (χ2n) is 1.64. The molecule has 0 radical (unpaired) electrons. The van der Waals surface area contributed by atoms with Gasteiger partial charge in [-0.15, -0.1) is 34.0 Å². The quantitative estimate of drug-likeness (QED) is 0.525. The zero-order valence-electron chi connectivity index (χ0n) is 6.42. The Hall–Kier alpha value is 0.610. The van der Waals surface area contributed by atoms with E-state index in [4.69, 9.17) is 5.73 Å². The minimum Gasteiger partial charge on any atom is -0.376 e. The summed E-state index contributed by atoms with van der Waals surface area (Å²) in [5.41, 5.74) is 5.17. The molecule has 0 aromatic rings. The van der Waals surface area contributed by atoms with Gasteiger partial charge in [-0.3, -0.25) is 0 Å². The van der Waals surface area contributed by atoms with Gasteiger partial charge < -0.3 is 16.4 Å². The largest absolute Gasteiger partial charge is 0.376 e. The van der Waals surface area contributed by atoms with Crippen molar-refractivity contribution < 1.29 is 0 Å². The predicted octanol–water partition coefficient (Wildman–Crippen LogP) is 0.585. The van der Waals surface area contributed by atoms with Crippen molar-refractivity contribution in [3.63, 3.8) is 0 Å². The van der Waals surface area contributed by atoms with E-state index < -0.39 is 0 Å². The van der Waals surface area contributed by atoms with Gasteiger partial charge in [0.2, 0.25) is 0 Å². The number of rotatable bonds is 4. The molecule has 0 unspecified atom stereocenters. The summed E-state index contributed by atoms with van der Waals surface area (Å²) >= 11 is 4.58. The Morgan fingerprint density at radius 2 is 1.91 bits per heavy atom. The molecule has 0 amide bonds. The number of hydrogen-bond donors (Lipinski definition) is 3. The van der Waals surface area contributed by atoms with E-state index in [-0.39, 0.29) is 34.0 Å². The van der Waals surface area contributed by atoms with Crippen LogP contribution in [0.4, 0.5) is 0 Å². The molecule has 0 heterocycles. The summed E-state index contributed by atoms with van der Waals surface area (Å²) in [5, 5.41) is 6.32. The molecule has 0 saturated heterocycles. The first-order valence-corrected chi connectivity index (χ1v) is 3.42. The Bertz CT molecular complexity index is 91.8. The minimum absolute atomic E-state index is 0. The highest BCUT2D eigenvalue weighted by molar-refractivity contribution is 8.93. The third-order valence-corrected chi connectivity index (χ3v) is 0.995. The normalized spacial score (nSPS) is 7.36. The predicted molar refractivity (Wildman–Crippen MR) is 64.0 cm³/mol. The van der Waals surface area contributed by atoms with Crippen molar-refractivity contribution in [3.05, 3.63) is 0 Å². The van der Waals surface area contributed by atoms with Crippen LogP contribution in [0.1, 0.15) is 6.92 Å². The molecule has 0 spiro atoms. The van der Waals surface area contributed by atoms with Gasteiger partial charge in [-0.05, 0) is 18.8 Å². The molecule has 0 aliphatic heterocycles. The average Bonchev–Trinajstić information content (AvgIpc) is 1.80. The van der Waals surface area contributed by atoms with Crippen molar-refractivity contribution in [3.8, 4) is 0 Å². The lowest BCUT2D eigenvalue weighted by Crippen LogP contribution is -2.34. The molecule has 0 fully saturated rings. The molecule has 0 rings (SSSR count). The maximum absolute atomic E-state index is 5.17. The molecule has 4 N–H and O–H groups in total. The van der Waals surface area contributed by atoms with Crippen LogP contribution in [0.25, 0.3) is 0 Å². The molecule has 70 valence electrons. The van der Waals surface area contributed by atoms with Gasteiger partial charge in [0, 0.05) is 13.1 Å². The third kappa shape index (κ3) is 18.0. The first kappa shape index (κ1) is 17.6. The SMILES string of the molecule is Br.Br.CCNCCNC(N)=S. The molecule has 0 saturated carbocycles. The molecule has 0 atom stereocenters. The zero-order valence-corrected chi connectivity index (χ0v) is 10.7. The molecular formula is C5H15Br2N3S. The molecular weight excluding hydrogens is 294 g/mol. The van der Waals surface area contributed by atoms with Crippen molar-refractivity contribution in [2.75, 3.05) is 19.6 Å². The zero-order chi connectivity index (χ0) is 7.11. The van der Waals surface area contributed by atoms with Gasteiger partial charge in [0.25, 0.3) is 0 Å². The van der Waals surface area contributed by atoms with Crippen LogP contribution in [0, 0.1) is 0 Å². The Kier molecular flexibility index (Phi) is 21.2. The Balaban J connectivity index is -0.000000320. The molecule has 0 aromatic heterocycles. The van der Waals surface area contributed by atoms with Crippen LogP contribution >= 0.6 is 46.2 Å². The fourth-order valence-corrected chi connectivity index (χ4v) is 0.553. The van der Waals surface area contributed by atoms with Gasteiger partial charge in [0.05, 0.1) is 0 Å². The summed E-state index contributed by atoms with van der Waals surface area (Å²) in [5.74, 6) is 0. The van der Waals surface area contributed by atoms with E-state index >= 15 is 0 Å². The van der Waals surface area contributed by atoms with Crippen molar-refractivity contribution in [1.82, 2.24) is 10.6 Å². The first-order chi connectivity index (χ1) is 4.27. The van der Waals surface area contributed by atoms with Crippen LogP contribution in [0.5, 0.6) is 0 Å². The second kappa shape index (κ2) is 13.2. The standard InChI is InChI=1S/C5H13N3S.2BrH/c1-2-7-3-4-8-5(6)9;;/h7H,2-4H2,1H3,(H3,6,8,9);2*1H. The first-order valence-electron chi connectivity index (χ1n) is 3.01. The number of nitrogens with one attached hydrogen (secondary N) is 2. The summed E-state index contributed by atoms with van der Waals surface area (Å²) in [7, 11) is 0. The minimum atomic E-state index is 0. The number of likely N-dealkylation sites (N-methyl/N-ethyl adjacent to an activating group) is 1. The average molecular weight is 309 g/mol. The lowest BCUT2D eigenvalue weighted by atomic mass is 10.6. The lowest BCUT2D eigenvalue weighted by molar-refractivity contribution is 0.699. The highest BCUT2D eigenvalue weighted by atomic mass is 79.9. The van der Waals surface area contributed by atoms with E-state index in [0.717, 1.165) is 19.6 Å². The van der Waals surface area contributed by atoms with Crippen molar-refractivity contribution in [1.29, 1.82) is 0 Å². The molecule has 0 aliphatic carbocycles. The van der Waals surface area contributed by atoms with E-state index in [1.165, 1.54) is 0 Å². The Labute approximate surface area is 94.0 Å². The van der Waals surface area contributed by atoms with Gasteiger partial charge in [0.1, 0.15) is 0 Å². The van der Waals surface area contributed by atoms with Crippen LogP contribution in [0.3, 0.4) is 0 Å². The van der Waals surface area contributed by atoms with Crippen LogP contribution in [0.15, 0.2) is 0 Å². The molecule has 11 heavy (non-hydrogen) atoms. The number of thiocarbonyl (C=S) groups is 1. The van der Waals surface area contributed by atoms with E-state index in [0.29, 0.717) is 5.11 Å². The highest BCUT2D eigenvalue weighted by Gasteiger charge is 1.83. The van der Waals surface area contributed by atoms with E-state index in [9.17, 15) is 0 Å². The maximum atomic E-state index is 5.17. The van der Waals surface area contributed by atoms with Crippen molar-refractivity contribution in [2.45, 2.75) is 6.92 Å². The molecule has 0 bridgehead atoms. The van der Waals surface area contributed by atoms with Crippen LogP contribution < -0.4 is 16.4 Å². The smallest absolute Gasteiger partial charge is 0.163 e. The summed E-state index contributed by atoms with van der Waals surface area (Å²) in [6, 6.07) is 0. The van der Waals surface area contributed by atoms with Gasteiger partial charge in [-0.1, -0.05) is 6.92 Å². The van der Waals surface area contributed by atoms with Crippen molar-refractivity contribution >= 4 is 51.3 Å². The van der Waals surface area contributed by atoms with Crippen LogP contribution in [-0.4, -0.2) is 24.7 Å². The summed E-state index contributed by atoms with van der Waals surface area (Å²) in [6.45, 7) is 4.76. The lowest BCUT2D eigenvalue weighted by Gasteiger charge is -2.02. The topological polar surface area (TPSA) is 50.1 Å². The third-order valence-electron chi connectivity index (χ3n) is 0.851. The number of halogens is 2. The summed E-state index contributed by atoms with van der Waals surface area (Å²) in [4.78, 5) is 0. The molecule has 0 aromatic carbocycles. The monoisotopic (exact) mass is 307 g/mol. The Morgan fingerprint density at radius 3 is 2.27 bits per heavy atom. The highest BCUT2D eigenvalue weighted by Crippen LogP contribution is 1.58. The van der Waals surface area contributed by atoms with Gasteiger partial charge in [-0.25, -0.2) is 0 Å². The Morgan fingerprint density at radius 1 is 1.36 bits per heavy atom. The summed E-state index contributed by atoms with van der Waals surface area (Å²) in [6.07, 6.45) is 0. The fourth-order valence-electron chi connectivity index (χ4n) is 0.451. The van der Waals surface area contributed by atoms with Gasteiger partial charge >= 0.3 is 0 Å². The van der Waals surface area contributed by atoms with E-state index in [1.807, 2.05) is 0 Å². The van der Waals surface area contributed by atoms with Crippen LogP contribution in [-0.2, 0) is 0 Å². The number of nitrogens with two attached hydrogens (primary N) is 1. The maximum Gasteiger partial charge on any atom is 0.163 e. The van der Waals surface area contributed by atoms with Crippen LogP contribution in [0.2, 0.25) is 0 Å². The van der Waals surface area contributed by atoms with Gasteiger partial charge in [0.15, 0.2) is 5.11 Å².